The van der Waals surface area contributed by atoms with Gasteiger partial charge in [-0.25, -0.2) is 0 Å². The summed E-state index contributed by atoms with van der Waals surface area (Å²) < 4.78 is 5.30. The number of carbonyl (C=O) groups is 1. The van der Waals surface area contributed by atoms with Crippen LogP contribution in [0.1, 0.15) is 68.8 Å². The van der Waals surface area contributed by atoms with Gasteiger partial charge in [0.2, 0.25) is 11.8 Å². The quantitative estimate of drug-likeness (QED) is 0.785. The molecule has 25 heavy (non-hydrogen) atoms. The van der Waals surface area contributed by atoms with Crippen LogP contribution in [0.5, 0.6) is 0 Å². The molecule has 0 bridgehead atoms. The molecule has 1 aromatic heterocycles. The minimum Gasteiger partial charge on any atom is -0.339 e. The van der Waals surface area contributed by atoms with E-state index in [4.69, 9.17) is 4.52 Å². The van der Waals surface area contributed by atoms with Crippen LogP contribution in [0.25, 0.3) is 6.08 Å². The zero-order valence-corrected chi connectivity index (χ0v) is 14.9. The van der Waals surface area contributed by atoms with Crippen LogP contribution in [-0.4, -0.2) is 27.5 Å². The Balaban J connectivity index is 1.56. The molecule has 0 spiro atoms. The highest BCUT2D eigenvalue weighted by molar-refractivity contribution is 5.77. The molecule has 1 unspecified atom stereocenters. The van der Waals surface area contributed by atoms with E-state index >= 15 is 0 Å². The zero-order chi connectivity index (χ0) is 17.6. The van der Waals surface area contributed by atoms with E-state index in [0.717, 1.165) is 31.4 Å². The normalized spacial score (nSPS) is 17.7. The molecule has 1 fully saturated rings. The lowest BCUT2D eigenvalue weighted by Gasteiger charge is -2.22. The SMILES string of the molecule is CC(C)c1nc(C2CCCN2C(=O)CC/C=C/c2ccccc2)no1. The Morgan fingerprint density at radius 3 is 2.88 bits per heavy atom. The molecule has 132 valence electrons. The third-order valence-corrected chi connectivity index (χ3v) is 4.46. The van der Waals surface area contributed by atoms with E-state index in [1.54, 1.807) is 0 Å². The fourth-order valence-electron chi connectivity index (χ4n) is 3.08. The highest BCUT2D eigenvalue weighted by Crippen LogP contribution is 2.31. The number of hydrogen-bond acceptors (Lipinski definition) is 4. The molecule has 5 nitrogen and oxygen atoms in total. The lowest BCUT2D eigenvalue weighted by molar-refractivity contribution is -0.132. The van der Waals surface area contributed by atoms with E-state index in [-0.39, 0.29) is 17.9 Å². The third-order valence-electron chi connectivity index (χ3n) is 4.46. The summed E-state index contributed by atoms with van der Waals surface area (Å²) in [5.41, 5.74) is 1.15. The Hall–Kier alpha value is -2.43. The van der Waals surface area contributed by atoms with Crippen molar-refractivity contribution < 1.29 is 9.32 Å². The highest BCUT2D eigenvalue weighted by Gasteiger charge is 2.33. The van der Waals surface area contributed by atoms with Gasteiger partial charge in [-0.1, -0.05) is 61.5 Å². The zero-order valence-electron chi connectivity index (χ0n) is 14.9. The van der Waals surface area contributed by atoms with Crippen molar-refractivity contribution in [1.29, 1.82) is 0 Å². The van der Waals surface area contributed by atoms with Gasteiger partial charge in [0.05, 0.1) is 6.04 Å². The first-order valence-electron chi connectivity index (χ1n) is 8.99. The Morgan fingerprint density at radius 2 is 2.16 bits per heavy atom. The molecule has 1 aromatic carbocycles. The van der Waals surface area contributed by atoms with Gasteiger partial charge in [0, 0.05) is 18.9 Å². The number of rotatable bonds is 6. The summed E-state index contributed by atoms with van der Waals surface area (Å²) in [5.74, 6) is 1.65. The van der Waals surface area contributed by atoms with Crippen LogP contribution in [0.15, 0.2) is 40.9 Å². The van der Waals surface area contributed by atoms with Crippen LogP contribution in [0.3, 0.4) is 0 Å². The Kier molecular flexibility index (Phi) is 5.64. The molecule has 3 rings (SSSR count). The molecular weight excluding hydrogens is 314 g/mol. The van der Waals surface area contributed by atoms with E-state index < -0.39 is 0 Å². The number of nitrogens with zero attached hydrogens (tertiary/aromatic N) is 3. The number of hydrogen-bond donors (Lipinski definition) is 0. The monoisotopic (exact) mass is 339 g/mol. The van der Waals surface area contributed by atoms with E-state index in [1.165, 1.54) is 0 Å². The summed E-state index contributed by atoms with van der Waals surface area (Å²) in [4.78, 5) is 19.0. The van der Waals surface area contributed by atoms with Crippen LogP contribution in [0, 0.1) is 0 Å². The second kappa shape index (κ2) is 8.10. The van der Waals surface area contributed by atoms with Gasteiger partial charge >= 0.3 is 0 Å². The summed E-state index contributed by atoms with van der Waals surface area (Å²) in [5, 5.41) is 4.09. The number of amides is 1. The van der Waals surface area contributed by atoms with Crippen LogP contribution < -0.4 is 0 Å². The molecule has 1 atom stereocenters. The molecule has 2 aromatic rings. The predicted molar refractivity (Wildman–Crippen MR) is 96.8 cm³/mol. The maximum Gasteiger partial charge on any atom is 0.229 e. The second-order valence-electron chi connectivity index (χ2n) is 6.74. The molecule has 0 saturated carbocycles. The van der Waals surface area contributed by atoms with Gasteiger partial charge in [0.25, 0.3) is 0 Å². The van der Waals surface area contributed by atoms with Crippen LogP contribution >= 0.6 is 0 Å². The summed E-state index contributed by atoms with van der Waals surface area (Å²) in [6.45, 7) is 4.82. The molecule has 1 aliphatic rings. The molecule has 2 heterocycles. The van der Waals surface area contributed by atoms with Crippen LogP contribution in [0.2, 0.25) is 0 Å². The number of allylic oxidation sites excluding steroid dienone is 1. The average molecular weight is 339 g/mol. The Labute approximate surface area is 148 Å². The predicted octanol–water partition coefficient (Wildman–Crippen LogP) is 4.35. The van der Waals surface area contributed by atoms with Gasteiger partial charge in [0.1, 0.15) is 0 Å². The maximum absolute atomic E-state index is 12.6. The topological polar surface area (TPSA) is 59.2 Å². The summed E-state index contributed by atoms with van der Waals surface area (Å²) >= 11 is 0. The van der Waals surface area contributed by atoms with E-state index in [0.29, 0.717) is 18.1 Å². The number of aromatic nitrogens is 2. The Morgan fingerprint density at radius 1 is 1.36 bits per heavy atom. The van der Waals surface area contributed by atoms with Crippen molar-refractivity contribution in [3.05, 3.63) is 53.7 Å². The van der Waals surface area contributed by atoms with Crippen molar-refractivity contribution in [3.63, 3.8) is 0 Å². The van der Waals surface area contributed by atoms with E-state index in [9.17, 15) is 4.79 Å². The number of benzene rings is 1. The lowest BCUT2D eigenvalue weighted by atomic mass is 10.1. The van der Waals surface area contributed by atoms with Crippen molar-refractivity contribution in [2.75, 3.05) is 6.54 Å². The first-order chi connectivity index (χ1) is 12.1. The van der Waals surface area contributed by atoms with Gasteiger partial charge in [-0.05, 0) is 24.8 Å². The molecule has 0 radical (unpaired) electrons. The van der Waals surface area contributed by atoms with Gasteiger partial charge < -0.3 is 9.42 Å². The van der Waals surface area contributed by atoms with Crippen molar-refractivity contribution in [3.8, 4) is 0 Å². The molecule has 1 amide bonds. The minimum atomic E-state index is -0.0400. The number of likely N-dealkylation sites (tertiary alicyclic amines) is 1. The van der Waals surface area contributed by atoms with Gasteiger partial charge in [0.15, 0.2) is 5.82 Å². The lowest BCUT2D eigenvalue weighted by Crippen LogP contribution is -2.30. The van der Waals surface area contributed by atoms with E-state index in [1.807, 2.05) is 36.9 Å². The van der Waals surface area contributed by atoms with Gasteiger partial charge in [-0.15, -0.1) is 0 Å². The van der Waals surface area contributed by atoms with Crippen molar-refractivity contribution in [1.82, 2.24) is 15.0 Å². The molecule has 0 N–H and O–H groups in total. The summed E-state index contributed by atoms with van der Waals surface area (Å²) in [6, 6.07) is 10.1. The largest absolute Gasteiger partial charge is 0.339 e. The second-order valence-corrected chi connectivity index (χ2v) is 6.74. The smallest absolute Gasteiger partial charge is 0.229 e. The first kappa shape index (κ1) is 17.4. The van der Waals surface area contributed by atoms with Crippen molar-refractivity contribution >= 4 is 12.0 Å². The molecular formula is C20H25N3O2. The summed E-state index contributed by atoms with van der Waals surface area (Å²) in [6.07, 6.45) is 7.26. The highest BCUT2D eigenvalue weighted by atomic mass is 16.5. The molecule has 0 aliphatic carbocycles. The minimum absolute atomic E-state index is 0.0400. The maximum atomic E-state index is 12.6. The standard InChI is InChI=1S/C20H25N3O2/c1-15(2)20-21-19(22-25-20)17-12-8-14-23(17)18(24)13-7-6-11-16-9-4-3-5-10-16/h3-6,9-11,15,17H,7-8,12-14H2,1-2H3/b11-6+. The van der Waals surface area contributed by atoms with Gasteiger partial charge in [-0.3, -0.25) is 4.79 Å². The third kappa shape index (κ3) is 4.35. The average Bonchev–Trinajstić information content (AvgIpc) is 3.28. The Bertz CT molecular complexity index is 722. The van der Waals surface area contributed by atoms with Gasteiger partial charge in [-0.2, -0.15) is 4.98 Å². The molecule has 1 saturated heterocycles. The molecule has 5 heteroatoms. The van der Waals surface area contributed by atoms with Crippen LogP contribution in [0.4, 0.5) is 0 Å². The van der Waals surface area contributed by atoms with Crippen LogP contribution in [-0.2, 0) is 4.79 Å². The van der Waals surface area contributed by atoms with E-state index in [2.05, 4.69) is 34.4 Å². The fraction of sp³-hybridized carbons (Fsp3) is 0.450. The van der Waals surface area contributed by atoms with Crippen molar-refractivity contribution in [2.24, 2.45) is 0 Å². The van der Waals surface area contributed by atoms with Crippen molar-refractivity contribution in [2.45, 2.75) is 51.5 Å². The number of carbonyl (C=O) groups excluding carboxylic acids is 1. The first-order valence-corrected chi connectivity index (χ1v) is 8.99. The summed E-state index contributed by atoms with van der Waals surface area (Å²) in [7, 11) is 0. The fourth-order valence-corrected chi connectivity index (χ4v) is 3.08. The molecule has 1 aliphatic heterocycles.